The molecular formula is C24H26ClN3O2. The number of hydrogen-bond acceptors (Lipinski definition) is 3. The first-order valence-corrected chi connectivity index (χ1v) is 10.1. The van der Waals surface area contributed by atoms with E-state index in [0.717, 1.165) is 24.1 Å². The minimum atomic E-state index is -0.352. The van der Waals surface area contributed by atoms with E-state index >= 15 is 0 Å². The Balaban J connectivity index is 0.00000256. The smallest absolute Gasteiger partial charge is 0.261 e. The molecule has 30 heavy (non-hydrogen) atoms. The number of nitrogens with zero attached hydrogens (tertiary/aromatic N) is 1. The van der Waals surface area contributed by atoms with Crippen LogP contribution in [0.1, 0.15) is 34.5 Å². The highest BCUT2D eigenvalue weighted by molar-refractivity contribution is 5.94. The maximum atomic E-state index is 13.3. The first-order valence-electron chi connectivity index (χ1n) is 10.1. The fraction of sp³-hybridized carbons (Fsp3) is 0.250. The van der Waals surface area contributed by atoms with Crippen molar-refractivity contribution in [2.24, 2.45) is 0 Å². The summed E-state index contributed by atoms with van der Waals surface area (Å²) in [6.45, 7) is 4.09. The monoisotopic (exact) mass is 423 g/mol. The number of piperazine rings is 1. The van der Waals surface area contributed by atoms with Crippen molar-refractivity contribution in [3.63, 3.8) is 0 Å². The summed E-state index contributed by atoms with van der Waals surface area (Å²) < 4.78 is 0. The van der Waals surface area contributed by atoms with Crippen molar-refractivity contribution < 1.29 is 4.79 Å². The van der Waals surface area contributed by atoms with Gasteiger partial charge in [-0.15, -0.1) is 12.4 Å². The number of aryl methyl sites for hydroxylation is 1. The first kappa shape index (κ1) is 21.8. The van der Waals surface area contributed by atoms with E-state index in [1.165, 1.54) is 5.56 Å². The molecule has 2 N–H and O–H groups in total. The molecule has 2 aromatic carbocycles. The van der Waals surface area contributed by atoms with Crippen LogP contribution in [-0.4, -0.2) is 35.4 Å². The van der Waals surface area contributed by atoms with Gasteiger partial charge in [-0.2, -0.15) is 0 Å². The highest BCUT2D eigenvalue weighted by Crippen LogP contribution is 2.24. The zero-order valence-corrected chi connectivity index (χ0v) is 17.7. The molecule has 0 aliphatic carbocycles. The molecule has 5 nitrogen and oxygen atoms in total. The van der Waals surface area contributed by atoms with E-state index < -0.39 is 0 Å². The molecule has 2 heterocycles. The lowest BCUT2D eigenvalue weighted by atomic mass is 10.00. The molecular weight excluding hydrogens is 398 g/mol. The molecule has 1 amide bonds. The van der Waals surface area contributed by atoms with E-state index in [-0.39, 0.29) is 35.5 Å². The lowest BCUT2D eigenvalue weighted by molar-refractivity contribution is 0.0632. The molecule has 4 rings (SSSR count). The van der Waals surface area contributed by atoms with Crippen molar-refractivity contribution in [2.45, 2.75) is 19.4 Å². The summed E-state index contributed by atoms with van der Waals surface area (Å²) in [6, 6.07) is 21.4. The number of carbonyl (C=O) groups excluding carboxylic acids is 1. The third-order valence-corrected chi connectivity index (χ3v) is 5.50. The van der Waals surface area contributed by atoms with Crippen LogP contribution in [0, 0.1) is 0 Å². The summed E-state index contributed by atoms with van der Waals surface area (Å²) in [6.07, 6.45) is 0.981. The van der Waals surface area contributed by atoms with Gasteiger partial charge in [-0.1, -0.05) is 61.5 Å². The van der Waals surface area contributed by atoms with Crippen LogP contribution in [0.15, 0.2) is 71.5 Å². The van der Waals surface area contributed by atoms with E-state index in [0.29, 0.717) is 18.8 Å². The number of aromatic nitrogens is 1. The Morgan fingerprint density at radius 3 is 2.43 bits per heavy atom. The van der Waals surface area contributed by atoms with Gasteiger partial charge in [0.1, 0.15) is 5.56 Å². The number of halogens is 1. The van der Waals surface area contributed by atoms with Crippen LogP contribution in [0.5, 0.6) is 0 Å². The third-order valence-electron chi connectivity index (χ3n) is 5.50. The lowest BCUT2D eigenvalue weighted by Gasteiger charge is -2.36. The summed E-state index contributed by atoms with van der Waals surface area (Å²) >= 11 is 0. The van der Waals surface area contributed by atoms with Gasteiger partial charge >= 0.3 is 0 Å². The van der Waals surface area contributed by atoms with Crippen LogP contribution >= 0.6 is 12.4 Å². The molecule has 156 valence electrons. The van der Waals surface area contributed by atoms with Gasteiger partial charge in [0.2, 0.25) is 0 Å². The van der Waals surface area contributed by atoms with Crippen molar-refractivity contribution in [1.29, 1.82) is 0 Å². The van der Waals surface area contributed by atoms with Gasteiger partial charge in [0, 0.05) is 25.3 Å². The van der Waals surface area contributed by atoms with Gasteiger partial charge in [-0.25, -0.2) is 0 Å². The third kappa shape index (κ3) is 4.48. The Bertz CT molecular complexity index is 1050. The molecule has 1 aliphatic heterocycles. The average Bonchev–Trinajstić information content (AvgIpc) is 2.79. The van der Waals surface area contributed by atoms with Crippen LogP contribution in [0.4, 0.5) is 0 Å². The number of aromatic amines is 1. The quantitative estimate of drug-likeness (QED) is 0.670. The number of carbonyl (C=O) groups is 1. The van der Waals surface area contributed by atoms with E-state index in [2.05, 4.69) is 41.5 Å². The van der Waals surface area contributed by atoms with Gasteiger partial charge < -0.3 is 15.2 Å². The van der Waals surface area contributed by atoms with Crippen LogP contribution in [0.3, 0.4) is 0 Å². The zero-order chi connectivity index (χ0) is 20.2. The number of pyridine rings is 1. The second kappa shape index (κ2) is 9.74. The fourth-order valence-corrected chi connectivity index (χ4v) is 3.80. The largest absolute Gasteiger partial charge is 0.329 e. The van der Waals surface area contributed by atoms with E-state index in [4.69, 9.17) is 0 Å². The second-order valence-corrected chi connectivity index (χ2v) is 7.29. The van der Waals surface area contributed by atoms with Gasteiger partial charge in [-0.05, 0) is 35.2 Å². The van der Waals surface area contributed by atoms with Crippen molar-refractivity contribution in [3.05, 3.63) is 93.8 Å². The molecule has 0 saturated carbocycles. The minimum absolute atomic E-state index is 0. The first-order chi connectivity index (χ1) is 14.2. The standard InChI is InChI=1S/C24H25N3O2.ClH/c1-2-17-8-10-19(11-9-17)22-16-25-14-15-27(22)24(29)20-12-13-21(26-23(20)28)18-6-4-3-5-7-18;/h3-13,22,25H,2,14-16H2,1H3,(H,26,28);1H. The second-order valence-electron chi connectivity index (χ2n) is 7.29. The summed E-state index contributed by atoms with van der Waals surface area (Å²) in [5.41, 5.74) is 3.80. The van der Waals surface area contributed by atoms with Gasteiger partial charge in [0.15, 0.2) is 0 Å². The zero-order valence-electron chi connectivity index (χ0n) is 16.9. The number of rotatable bonds is 4. The Morgan fingerprint density at radius 2 is 1.77 bits per heavy atom. The van der Waals surface area contributed by atoms with Crippen LogP contribution in [-0.2, 0) is 6.42 Å². The fourth-order valence-electron chi connectivity index (χ4n) is 3.80. The highest BCUT2D eigenvalue weighted by atomic mass is 35.5. The van der Waals surface area contributed by atoms with Crippen LogP contribution < -0.4 is 10.9 Å². The summed E-state index contributed by atoms with van der Waals surface area (Å²) in [5.74, 6) is -0.225. The molecule has 1 unspecified atom stereocenters. The molecule has 3 aromatic rings. The normalized spacial score (nSPS) is 16.0. The molecule has 1 aromatic heterocycles. The Labute approximate surface area is 182 Å². The molecule has 1 atom stereocenters. The molecule has 0 spiro atoms. The number of nitrogens with one attached hydrogen (secondary N) is 2. The molecule has 1 fully saturated rings. The Kier molecular flexibility index (Phi) is 7.08. The summed E-state index contributed by atoms with van der Waals surface area (Å²) in [5, 5.41) is 3.36. The predicted octanol–water partition coefficient (Wildman–Crippen LogP) is 3.81. The maximum Gasteiger partial charge on any atom is 0.261 e. The number of amides is 1. The van der Waals surface area contributed by atoms with Crippen molar-refractivity contribution in [3.8, 4) is 11.3 Å². The lowest BCUT2D eigenvalue weighted by Crippen LogP contribution is -2.49. The van der Waals surface area contributed by atoms with E-state index in [1.54, 1.807) is 12.1 Å². The van der Waals surface area contributed by atoms with Gasteiger partial charge in [0.05, 0.1) is 6.04 Å². The maximum absolute atomic E-state index is 13.3. The van der Waals surface area contributed by atoms with Gasteiger partial charge in [0.25, 0.3) is 11.5 Å². The van der Waals surface area contributed by atoms with E-state index in [1.807, 2.05) is 35.2 Å². The minimum Gasteiger partial charge on any atom is -0.329 e. The number of hydrogen-bond donors (Lipinski definition) is 2. The molecule has 0 radical (unpaired) electrons. The van der Waals surface area contributed by atoms with Crippen LogP contribution in [0.25, 0.3) is 11.3 Å². The van der Waals surface area contributed by atoms with Crippen molar-refractivity contribution in [2.75, 3.05) is 19.6 Å². The average molecular weight is 424 g/mol. The SMILES string of the molecule is CCc1ccc(C2CNCCN2C(=O)c2ccc(-c3ccccc3)[nH]c2=O)cc1.Cl. The van der Waals surface area contributed by atoms with Gasteiger partial charge in [-0.3, -0.25) is 9.59 Å². The molecule has 1 saturated heterocycles. The molecule has 1 aliphatic rings. The van der Waals surface area contributed by atoms with E-state index in [9.17, 15) is 9.59 Å². The van der Waals surface area contributed by atoms with Crippen molar-refractivity contribution >= 4 is 18.3 Å². The number of benzene rings is 2. The molecule has 6 heteroatoms. The number of H-pyrrole nitrogens is 1. The molecule has 0 bridgehead atoms. The highest BCUT2D eigenvalue weighted by Gasteiger charge is 2.29. The topological polar surface area (TPSA) is 65.2 Å². The Hall–Kier alpha value is -2.89. The summed E-state index contributed by atoms with van der Waals surface area (Å²) in [7, 11) is 0. The van der Waals surface area contributed by atoms with Crippen molar-refractivity contribution in [1.82, 2.24) is 15.2 Å². The predicted molar refractivity (Wildman–Crippen MR) is 122 cm³/mol. The summed E-state index contributed by atoms with van der Waals surface area (Å²) in [4.78, 5) is 30.6. The van der Waals surface area contributed by atoms with Crippen LogP contribution in [0.2, 0.25) is 0 Å². The Morgan fingerprint density at radius 1 is 1.03 bits per heavy atom.